The summed E-state index contributed by atoms with van der Waals surface area (Å²) in [5, 5.41) is 17.3. The zero-order chi connectivity index (χ0) is 32.0. The van der Waals surface area contributed by atoms with Crippen LogP contribution in [0, 0.1) is 0 Å². The van der Waals surface area contributed by atoms with E-state index in [1.165, 1.54) is 0 Å². The summed E-state index contributed by atoms with van der Waals surface area (Å²) in [4.78, 5) is 39.8. The minimum Gasteiger partial charge on any atom is -0.464 e. The number of rotatable bonds is 14. The number of H-pyrrole nitrogens is 1. The molecule has 3 aromatic carbocycles. The lowest BCUT2D eigenvalue weighted by molar-refractivity contribution is -0.145. The Morgan fingerprint density at radius 2 is 1.56 bits per heavy atom. The fourth-order valence-corrected chi connectivity index (χ4v) is 4.67. The molecule has 0 spiro atoms. The number of hydrogen-bond acceptors (Lipinski definition) is 9. The second-order valence-electron chi connectivity index (χ2n) is 10.1. The van der Waals surface area contributed by atoms with E-state index in [2.05, 4.69) is 32.9 Å². The lowest BCUT2D eigenvalue weighted by Crippen LogP contribution is -2.49. The van der Waals surface area contributed by atoms with Crippen LogP contribution < -0.4 is 10.1 Å². The van der Waals surface area contributed by atoms with Gasteiger partial charge in [-0.05, 0) is 59.9 Å². The van der Waals surface area contributed by atoms with E-state index < -0.39 is 18.2 Å². The molecule has 0 saturated heterocycles. The fourth-order valence-electron chi connectivity index (χ4n) is 4.67. The molecule has 0 aliphatic rings. The zero-order valence-electron chi connectivity index (χ0n) is 25.7. The third-order valence-electron chi connectivity index (χ3n) is 6.92. The lowest BCUT2D eigenvalue weighted by atomic mass is 9.98. The third-order valence-corrected chi connectivity index (χ3v) is 6.92. The minimum absolute atomic E-state index is 0.180. The predicted octanol–water partition coefficient (Wildman–Crippen LogP) is 5.56. The van der Waals surface area contributed by atoms with Crippen LogP contribution in [0.1, 0.15) is 44.7 Å². The number of ether oxygens (including phenoxy) is 3. The predicted molar refractivity (Wildman–Crippen MR) is 167 cm³/mol. The van der Waals surface area contributed by atoms with Crippen LogP contribution in [0.2, 0.25) is 0 Å². The fraction of sp³-hybridized carbons (Fsp3) is 0.333. The van der Waals surface area contributed by atoms with Gasteiger partial charge in [0, 0.05) is 25.1 Å². The molecule has 1 aromatic heterocycles. The van der Waals surface area contributed by atoms with Crippen molar-refractivity contribution >= 4 is 18.2 Å². The maximum absolute atomic E-state index is 13.6. The standard InChI is InChI=1S/C33H38N6O6/c1-4-7-20-39(22-24-12-16-25(17-13-24)27-10-8-9-11-28(27)30-35-37-38-36-30)32(41)34-29(31(40)43-5-2)21-23-14-18-26(19-15-23)45-33(42)44-6-3/h8-19,29H,4-7,20-22H2,1-3H3,(H,34,41)(H,35,36,37,38). The van der Waals surface area contributed by atoms with Gasteiger partial charge in [0.25, 0.3) is 0 Å². The molecule has 1 atom stereocenters. The van der Waals surface area contributed by atoms with Crippen LogP contribution >= 0.6 is 0 Å². The summed E-state index contributed by atoms with van der Waals surface area (Å²) >= 11 is 0. The molecule has 0 fully saturated rings. The smallest absolute Gasteiger partial charge is 0.464 e. The number of aromatic nitrogens is 4. The van der Waals surface area contributed by atoms with Gasteiger partial charge >= 0.3 is 18.2 Å². The number of nitrogens with zero attached hydrogens (tertiary/aromatic N) is 4. The summed E-state index contributed by atoms with van der Waals surface area (Å²) in [7, 11) is 0. The van der Waals surface area contributed by atoms with Gasteiger partial charge in [0.15, 0.2) is 0 Å². The SMILES string of the molecule is CCCCN(Cc1ccc(-c2ccccc2-c2nn[nH]n2)cc1)C(=O)NC(Cc1ccc(OC(=O)OCC)cc1)C(=O)OCC. The van der Waals surface area contributed by atoms with Crippen molar-refractivity contribution in [2.45, 2.75) is 52.6 Å². The van der Waals surface area contributed by atoms with Crippen LogP contribution in [0.3, 0.4) is 0 Å². The number of unbranched alkanes of at least 4 members (excludes halogenated alkanes) is 1. The number of urea groups is 1. The highest BCUT2D eigenvalue weighted by Crippen LogP contribution is 2.30. The molecular weight excluding hydrogens is 576 g/mol. The van der Waals surface area contributed by atoms with Gasteiger partial charge in [-0.2, -0.15) is 5.21 Å². The van der Waals surface area contributed by atoms with Gasteiger partial charge in [0.05, 0.1) is 13.2 Å². The molecule has 12 heteroatoms. The Morgan fingerprint density at radius 3 is 2.20 bits per heavy atom. The summed E-state index contributed by atoms with van der Waals surface area (Å²) in [6.45, 7) is 6.72. The number of tetrazole rings is 1. The van der Waals surface area contributed by atoms with Crippen molar-refractivity contribution in [3.05, 3.63) is 83.9 Å². The first-order valence-corrected chi connectivity index (χ1v) is 15.0. The van der Waals surface area contributed by atoms with Gasteiger partial charge in [-0.25, -0.2) is 14.4 Å². The topological polar surface area (TPSA) is 149 Å². The van der Waals surface area contributed by atoms with Crippen LogP contribution in [-0.4, -0.2) is 69.5 Å². The monoisotopic (exact) mass is 614 g/mol. The summed E-state index contributed by atoms with van der Waals surface area (Å²) < 4.78 is 15.2. The van der Waals surface area contributed by atoms with Crippen molar-refractivity contribution in [1.82, 2.24) is 30.8 Å². The van der Waals surface area contributed by atoms with Crippen molar-refractivity contribution in [2.75, 3.05) is 19.8 Å². The van der Waals surface area contributed by atoms with Gasteiger partial charge in [0.1, 0.15) is 11.8 Å². The minimum atomic E-state index is -0.914. The lowest BCUT2D eigenvalue weighted by Gasteiger charge is -2.26. The Labute approximate surface area is 262 Å². The largest absolute Gasteiger partial charge is 0.513 e. The van der Waals surface area contributed by atoms with Crippen molar-refractivity contribution < 1.29 is 28.6 Å². The molecular formula is C33H38N6O6. The Kier molecular flexibility index (Phi) is 12.0. The number of benzene rings is 3. The van der Waals surface area contributed by atoms with E-state index in [4.69, 9.17) is 14.2 Å². The van der Waals surface area contributed by atoms with E-state index in [1.54, 1.807) is 43.0 Å². The molecule has 1 heterocycles. The summed E-state index contributed by atoms with van der Waals surface area (Å²) in [5.74, 6) is 0.288. The van der Waals surface area contributed by atoms with E-state index in [1.807, 2.05) is 48.5 Å². The molecule has 0 aliphatic heterocycles. The maximum atomic E-state index is 13.6. The molecule has 2 N–H and O–H groups in total. The van der Waals surface area contributed by atoms with E-state index in [0.29, 0.717) is 24.7 Å². The second-order valence-corrected chi connectivity index (χ2v) is 10.1. The second kappa shape index (κ2) is 16.6. The van der Waals surface area contributed by atoms with Gasteiger partial charge in [-0.15, -0.1) is 10.2 Å². The highest BCUT2D eigenvalue weighted by molar-refractivity contribution is 5.84. The van der Waals surface area contributed by atoms with E-state index in [9.17, 15) is 14.4 Å². The molecule has 4 aromatic rings. The Bertz CT molecular complexity index is 1530. The number of nitrogens with one attached hydrogen (secondary N) is 2. The molecule has 0 radical (unpaired) electrons. The maximum Gasteiger partial charge on any atom is 0.513 e. The number of carbonyl (C=O) groups is 3. The number of aromatic amines is 1. The molecule has 12 nitrogen and oxygen atoms in total. The number of amides is 2. The summed E-state index contributed by atoms with van der Waals surface area (Å²) in [6.07, 6.45) is 1.10. The highest BCUT2D eigenvalue weighted by Gasteiger charge is 2.25. The van der Waals surface area contributed by atoms with Gasteiger partial charge < -0.3 is 24.4 Å². The van der Waals surface area contributed by atoms with E-state index in [0.717, 1.165) is 40.7 Å². The first-order valence-electron chi connectivity index (χ1n) is 15.0. The summed E-state index contributed by atoms with van der Waals surface area (Å²) in [5.41, 5.74) is 4.48. The van der Waals surface area contributed by atoms with Crippen molar-refractivity contribution in [1.29, 1.82) is 0 Å². The molecule has 2 amide bonds. The third kappa shape index (κ3) is 9.36. The Balaban J connectivity index is 1.46. The molecule has 0 aliphatic carbocycles. The number of carbonyl (C=O) groups excluding carboxylic acids is 3. The van der Waals surface area contributed by atoms with Crippen molar-refractivity contribution in [3.8, 4) is 28.3 Å². The van der Waals surface area contributed by atoms with Crippen molar-refractivity contribution in [2.24, 2.45) is 0 Å². The molecule has 1 unspecified atom stereocenters. The molecule has 4 rings (SSSR count). The normalized spacial score (nSPS) is 11.4. The summed E-state index contributed by atoms with van der Waals surface area (Å²) in [6, 6.07) is 21.2. The molecule has 45 heavy (non-hydrogen) atoms. The average Bonchev–Trinajstić information content (AvgIpc) is 3.59. The van der Waals surface area contributed by atoms with E-state index >= 15 is 0 Å². The number of hydrogen-bond donors (Lipinski definition) is 2. The van der Waals surface area contributed by atoms with E-state index in [-0.39, 0.29) is 25.7 Å². The van der Waals surface area contributed by atoms with Gasteiger partial charge in [-0.1, -0.05) is 74.0 Å². The van der Waals surface area contributed by atoms with Crippen LogP contribution in [0.5, 0.6) is 5.75 Å². The van der Waals surface area contributed by atoms with Crippen LogP contribution in [-0.2, 0) is 27.2 Å². The quantitative estimate of drug-likeness (QED) is 0.138. The van der Waals surface area contributed by atoms with Crippen LogP contribution in [0.15, 0.2) is 72.8 Å². The first kappa shape index (κ1) is 32.6. The Hall–Kier alpha value is -5.26. The first-order chi connectivity index (χ1) is 21.9. The van der Waals surface area contributed by atoms with Crippen LogP contribution in [0.25, 0.3) is 22.5 Å². The highest BCUT2D eigenvalue weighted by atomic mass is 16.7. The van der Waals surface area contributed by atoms with Crippen LogP contribution in [0.4, 0.5) is 9.59 Å². The van der Waals surface area contributed by atoms with Gasteiger partial charge in [0.2, 0.25) is 5.82 Å². The average molecular weight is 615 g/mol. The molecule has 0 bridgehead atoms. The number of esters is 1. The molecule has 0 saturated carbocycles. The molecule has 236 valence electrons. The zero-order valence-corrected chi connectivity index (χ0v) is 25.7. The van der Waals surface area contributed by atoms with Gasteiger partial charge in [-0.3, -0.25) is 0 Å². The van der Waals surface area contributed by atoms with Crippen molar-refractivity contribution in [3.63, 3.8) is 0 Å². The Morgan fingerprint density at radius 1 is 0.867 bits per heavy atom.